The number of fused-ring (bicyclic) bond motifs is 3. The van der Waals surface area contributed by atoms with E-state index in [1.165, 1.54) is 15.9 Å². The number of hydrogen-bond donors (Lipinski definition) is 2. The molecule has 0 saturated carbocycles. The van der Waals surface area contributed by atoms with Gasteiger partial charge in [-0.1, -0.05) is 11.6 Å². The number of nitrogen functional groups attached to an aromatic ring is 1. The molecule has 0 radical (unpaired) electrons. The summed E-state index contributed by atoms with van der Waals surface area (Å²) in [5.41, 5.74) is 6.86. The summed E-state index contributed by atoms with van der Waals surface area (Å²) >= 11 is 7.29. The van der Waals surface area contributed by atoms with Gasteiger partial charge in [0, 0.05) is 22.0 Å². The van der Waals surface area contributed by atoms with Gasteiger partial charge in [-0.3, -0.25) is 9.36 Å². The maximum absolute atomic E-state index is 12.5. The third-order valence-electron chi connectivity index (χ3n) is 4.65. The molecule has 0 unspecified atom stereocenters. The zero-order valence-corrected chi connectivity index (χ0v) is 17.0. The molecule has 146 valence electrons. The minimum Gasteiger partial charge on any atom is -0.383 e. The molecule has 1 aromatic carbocycles. The first-order valence-electron chi connectivity index (χ1n) is 8.73. The molecule has 4 rings (SSSR count). The molecule has 3 aromatic rings. The van der Waals surface area contributed by atoms with Crippen molar-refractivity contribution in [3.05, 3.63) is 50.2 Å². The van der Waals surface area contributed by atoms with E-state index in [-0.39, 0.29) is 23.9 Å². The van der Waals surface area contributed by atoms with Crippen molar-refractivity contribution in [1.82, 2.24) is 9.55 Å². The highest BCUT2D eigenvalue weighted by molar-refractivity contribution is 7.19. The van der Waals surface area contributed by atoms with Crippen LogP contribution in [0.25, 0.3) is 10.2 Å². The molecule has 3 N–H and O–H groups in total. The largest absolute Gasteiger partial charge is 0.383 e. The molecular weight excluding hydrogens is 400 g/mol. The maximum atomic E-state index is 12.5. The Hall–Kier alpha value is -2.42. The smallest absolute Gasteiger partial charge is 0.351 e. The Morgan fingerprint density at radius 3 is 2.82 bits per heavy atom. The predicted molar refractivity (Wildman–Crippen MR) is 111 cm³/mol. The molecule has 7 nitrogen and oxygen atoms in total. The number of nitrogens with zero attached hydrogens (tertiary/aromatic N) is 2. The lowest BCUT2D eigenvalue weighted by Crippen LogP contribution is -2.31. The van der Waals surface area contributed by atoms with Crippen molar-refractivity contribution in [2.24, 2.45) is 0 Å². The van der Waals surface area contributed by atoms with E-state index in [0.29, 0.717) is 28.6 Å². The van der Waals surface area contributed by atoms with Crippen molar-refractivity contribution >= 4 is 50.6 Å². The standard InChI is InChI=1S/C19H19ClN4O3S/c1-19(2)7-12-13(9-27-19)28-17-15(12)16(21)23-18(26)24(17)8-14(25)22-11-5-3-10(20)4-6-11/h3-6H,7-9H2,1-2H3,(H,22,25)(H2,21,23,26). The van der Waals surface area contributed by atoms with Gasteiger partial charge in [-0.25, -0.2) is 4.79 Å². The summed E-state index contributed by atoms with van der Waals surface area (Å²) in [7, 11) is 0. The minimum absolute atomic E-state index is 0.158. The Morgan fingerprint density at radius 2 is 2.11 bits per heavy atom. The monoisotopic (exact) mass is 418 g/mol. The number of carbonyl (C=O) groups excluding carboxylic acids is 1. The van der Waals surface area contributed by atoms with Gasteiger partial charge in [0.25, 0.3) is 0 Å². The summed E-state index contributed by atoms with van der Waals surface area (Å²) in [4.78, 5) is 30.6. The summed E-state index contributed by atoms with van der Waals surface area (Å²) < 4.78 is 7.24. The highest BCUT2D eigenvalue weighted by Crippen LogP contribution is 2.40. The summed E-state index contributed by atoms with van der Waals surface area (Å²) in [6.45, 7) is 4.32. The van der Waals surface area contributed by atoms with Crippen molar-refractivity contribution in [3.63, 3.8) is 0 Å². The van der Waals surface area contributed by atoms with E-state index in [1.54, 1.807) is 24.3 Å². The lowest BCUT2D eigenvalue weighted by atomic mass is 9.94. The number of anilines is 2. The van der Waals surface area contributed by atoms with Crippen molar-refractivity contribution < 1.29 is 9.53 Å². The number of nitrogens with one attached hydrogen (secondary N) is 1. The van der Waals surface area contributed by atoms with Crippen LogP contribution in [-0.2, 0) is 29.1 Å². The highest BCUT2D eigenvalue weighted by atomic mass is 35.5. The number of benzene rings is 1. The number of hydrogen-bond acceptors (Lipinski definition) is 6. The third-order valence-corrected chi connectivity index (χ3v) is 6.13. The molecule has 1 amide bonds. The lowest BCUT2D eigenvalue weighted by Gasteiger charge is -2.30. The van der Waals surface area contributed by atoms with Crippen LogP contribution in [-0.4, -0.2) is 21.1 Å². The van der Waals surface area contributed by atoms with Crippen LogP contribution in [0.15, 0.2) is 29.1 Å². The number of ether oxygens (including phenoxy) is 1. The average molecular weight is 419 g/mol. The first kappa shape index (κ1) is 18.9. The van der Waals surface area contributed by atoms with Gasteiger partial charge in [0.2, 0.25) is 5.91 Å². The number of aromatic nitrogens is 2. The number of thiophene rings is 1. The minimum atomic E-state index is -0.546. The van der Waals surface area contributed by atoms with Crippen LogP contribution in [0.5, 0.6) is 0 Å². The average Bonchev–Trinajstić information content (AvgIpc) is 2.98. The van der Waals surface area contributed by atoms with Crippen LogP contribution in [0.1, 0.15) is 24.3 Å². The Balaban J connectivity index is 1.71. The van der Waals surface area contributed by atoms with Gasteiger partial charge < -0.3 is 15.8 Å². The highest BCUT2D eigenvalue weighted by Gasteiger charge is 2.31. The SMILES string of the molecule is CC1(C)Cc2c(sc3c2c(N)nc(=O)n3CC(=O)Nc2ccc(Cl)cc2)CO1. The first-order valence-corrected chi connectivity index (χ1v) is 9.93. The van der Waals surface area contributed by atoms with Crippen LogP contribution < -0.4 is 16.7 Å². The molecule has 9 heteroatoms. The summed E-state index contributed by atoms with van der Waals surface area (Å²) in [6, 6.07) is 6.76. The van der Waals surface area contributed by atoms with Gasteiger partial charge >= 0.3 is 5.69 Å². The first-order chi connectivity index (χ1) is 13.2. The van der Waals surface area contributed by atoms with Crippen LogP contribution >= 0.6 is 22.9 Å². The van der Waals surface area contributed by atoms with Gasteiger partial charge in [0.05, 0.1) is 17.6 Å². The van der Waals surface area contributed by atoms with E-state index in [9.17, 15) is 9.59 Å². The van der Waals surface area contributed by atoms with E-state index in [4.69, 9.17) is 22.1 Å². The topological polar surface area (TPSA) is 99.2 Å². The number of carbonyl (C=O) groups is 1. The Labute approximate surface area is 170 Å². The Bertz CT molecular complexity index is 1130. The fourth-order valence-electron chi connectivity index (χ4n) is 3.32. The van der Waals surface area contributed by atoms with Crippen LogP contribution in [0.4, 0.5) is 11.5 Å². The zero-order chi connectivity index (χ0) is 20.1. The van der Waals surface area contributed by atoms with Crippen LogP contribution in [0.3, 0.4) is 0 Å². The second-order valence-electron chi connectivity index (χ2n) is 7.33. The summed E-state index contributed by atoms with van der Waals surface area (Å²) in [5.74, 6) is -0.134. The molecule has 2 aromatic heterocycles. The molecule has 3 heterocycles. The van der Waals surface area contributed by atoms with Gasteiger partial charge in [0.1, 0.15) is 17.2 Å². The van der Waals surface area contributed by atoms with Gasteiger partial charge in [0.15, 0.2) is 0 Å². The fourth-order valence-corrected chi connectivity index (χ4v) is 4.67. The van der Waals surface area contributed by atoms with Crippen LogP contribution in [0.2, 0.25) is 5.02 Å². The van der Waals surface area contributed by atoms with Crippen molar-refractivity contribution in [2.45, 2.75) is 39.0 Å². The van der Waals surface area contributed by atoms with Crippen molar-refractivity contribution in [3.8, 4) is 0 Å². The van der Waals surface area contributed by atoms with Gasteiger partial charge in [-0.05, 0) is 43.7 Å². The molecular formula is C19H19ClN4O3S. The summed E-state index contributed by atoms with van der Waals surface area (Å²) in [6.07, 6.45) is 0.670. The Morgan fingerprint density at radius 1 is 1.39 bits per heavy atom. The molecule has 0 bridgehead atoms. The second-order valence-corrected chi connectivity index (χ2v) is 8.85. The second kappa shape index (κ2) is 6.88. The normalized spacial score (nSPS) is 15.4. The number of halogens is 1. The lowest BCUT2D eigenvalue weighted by molar-refractivity contribution is -0.116. The van der Waals surface area contributed by atoms with E-state index >= 15 is 0 Å². The molecule has 0 spiro atoms. The fraction of sp³-hybridized carbons (Fsp3) is 0.316. The predicted octanol–water partition coefficient (Wildman–Crippen LogP) is 3.18. The third kappa shape index (κ3) is 3.50. The van der Waals surface area contributed by atoms with E-state index in [0.717, 1.165) is 15.8 Å². The van der Waals surface area contributed by atoms with E-state index < -0.39 is 5.69 Å². The molecule has 28 heavy (non-hydrogen) atoms. The van der Waals surface area contributed by atoms with Gasteiger partial charge in [-0.2, -0.15) is 4.98 Å². The quantitative estimate of drug-likeness (QED) is 0.680. The van der Waals surface area contributed by atoms with E-state index in [1.807, 2.05) is 13.8 Å². The van der Waals surface area contributed by atoms with E-state index in [2.05, 4.69) is 10.3 Å². The molecule has 0 saturated heterocycles. The summed E-state index contributed by atoms with van der Waals surface area (Å²) in [5, 5.41) is 4.09. The zero-order valence-electron chi connectivity index (χ0n) is 15.4. The maximum Gasteiger partial charge on any atom is 0.351 e. The number of amides is 1. The molecule has 0 atom stereocenters. The molecule has 1 aliphatic rings. The Kier molecular flexibility index (Phi) is 4.65. The van der Waals surface area contributed by atoms with Gasteiger partial charge in [-0.15, -0.1) is 11.3 Å². The molecule has 0 fully saturated rings. The number of rotatable bonds is 3. The van der Waals surface area contributed by atoms with Crippen molar-refractivity contribution in [1.29, 1.82) is 0 Å². The number of nitrogens with two attached hydrogens (primary N) is 1. The molecule has 1 aliphatic heterocycles. The van der Waals surface area contributed by atoms with Crippen LogP contribution in [0, 0.1) is 0 Å². The van der Waals surface area contributed by atoms with Crippen molar-refractivity contribution in [2.75, 3.05) is 11.1 Å². The molecule has 0 aliphatic carbocycles.